The quantitative estimate of drug-likeness (QED) is 0.624. The van der Waals surface area contributed by atoms with Gasteiger partial charge in [0.1, 0.15) is 6.10 Å². The fraction of sp³-hybridized carbons (Fsp3) is 0.118. The van der Waals surface area contributed by atoms with Crippen molar-refractivity contribution in [1.29, 1.82) is 0 Å². The van der Waals surface area contributed by atoms with E-state index in [1.165, 1.54) is 0 Å². The molecule has 0 fully saturated rings. The minimum absolute atomic E-state index is 0.200. The van der Waals surface area contributed by atoms with E-state index in [1.54, 1.807) is 48.5 Å². The zero-order valence-electron chi connectivity index (χ0n) is 12.8. The summed E-state index contributed by atoms with van der Waals surface area (Å²) in [6, 6.07) is 15.6. The minimum Gasteiger partial charge on any atom is -0.476 e. The number of carbonyl (C=O) groups is 1. The molecule has 3 aromatic rings. The Balaban J connectivity index is 1.96. The number of H-pyrrole nitrogens is 1. The Morgan fingerprint density at radius 2 is 1.76 bits per heavy atom. The van der Waals surface area contributed by atoms with E-state index in [9.17, 15) is 9.90 Å². The first-order chi connectivity index (χ1) is 12.1. The van der Waals surface area contributed by atoms with Crippen LogP contribution in [0.4, 0.5) is 0 Å². The summed E-state index contributed by atoms with van der Waals surface area (Å²) < 4.78 is 5.71. The number of aromatic nitrogens is 3. The number of aromatic carboxylic acids is 1. The van der Waals surface area contributed by atoms with Crippen LogP contribution < -0.4 is 4.74 Å². The van der Waals surface area contributed by atoms with Gasteiger partial charge in [-0.2, -0.15) is 0 Å². The van der Waals surface area contributed by atoms with Crippen LogP contribution in [0.2, 0.25) is 5.02 Å². The van der Waals surface area contributed by atoms with Crippen LogP contribution in [0.1, 0.15) is 33.8 Å². The molecular formula is C17H14ClN3O4. The van der Waals surface area contributed by atoms with Gasteiger partial charge in [0.2, 0.25) is 5.69 Å². The Morgan fingerprint density at radius 3 is 2.40 bits per heavy atom. The molecule has 2 unspecified atom stereocenters. The lowest BCUT2D eigenvalue weighted by Gasteiger charge is -2.24. The second-order valence-corrected chi connectivity index (χ2v) is 5.68. The van der Waals surface area contributed by atoms with Gasteiger partial charge in [-0.05, 0) is 23.3 Å². The lowest BCUT2D eigenvalue weighted by Crippen LogP contribution is -2.18. The number of hydrogen-bond donors (Lipinski definition) is 3. The predicted molar refractivity (Wildman–Crippen MR) is 89.6 cm³/mol. The van der Waals surface area contributed by atoms with Crippen molar-refractivity contribution in [1.82, 2.24) is 15.4 Å². The van der Waals surface area contributed by atoms with Gasteiger partial charge in [-0.1, -0.05) is 64.4 Å². The number of aromatic amines is 1. The van der Waals surface area contributed by atoms with E-state index in [1.807, 2.05) is 6.07 Å². The number of ether oxygens (including phenoxy) is 1. The molecule has 1 aromatic heterocycles. The van der Waals surface area contributed by atoms with Crippen LogP contribution in [0.25, 0.3) is 0 Å². The van der Waals surface area contributed by atoms with Gasteiger partial charge < -0.3 is 14.9 Å². The number of carboxylic acid groups (broad SMARTS) is 1. The minimum atomic E-state index is -1.26. The van der Waals surface area contributed by atoms with Crippen LogP contribution >= 0.6 is 11.6 Å². The number of carboxylic acids is 1. The average molecular weight is 360 g/mol. The number of benzene rings is 2. The highest BCUT2D eigenvalue weighted by Gasteiger charge is 2.28. The van der Waals surface area contributed by atoms with Gasteiger partial charge in [0, 0.05) is 5.02 Å². The first kappa shape index (κ1) is 16.9. The molecule has 7 nitrogen and oxygen atoms in total. The van der Waals surface area contributed by atoms with E-state index < -0.39 is 18.2 Å². The van der Waals surface area contributed by atoms with E-state index >= 15 is 0 Å². The molecule has 1 heterocycles. The van der Waals surface area contributed by atoms with E-state index in [2.05, 4.69) is 15.4 Å². The molecule has 0 aliphatic rings. The number of nitrogens with one attached hydrogen (secondary N) is 1. The van der Waals surface area contributed by atoms with Crippen molar-refractivity contribution >= 4 is 17.6 Å². The van der Waals surface area contributed by atoms with Gasteiger partial charge in [0.15, 0.2) is 6.10 Å². The van der Waals surface area contributed by atoms with Crippen LogP contribution in [0.3, 0.4) is 0 Å². The van der Waals surface area contributed by atoms with Gasteiger partial charge >= 0.3 is 5.97 Å². The van der Waals surface area contributed by atoms with Crippen molar-refractivity contribution in [3.8, 4) is 5.88 Å². The van der Waals surface area contributed by atoms with Crippen molar-refractivity contribution in [3.05, 3.63) is 76.4 Å². The summed E-state index contributed by atoms with van der Waals surface area (Å²) >= 11 is 5.88. The van der Waals surface area contributed by atoms with Gasteiger partial charge in [0.05, 0.1) is 0 Å². The standard InChI is InChI=1S/C17H14ClN3O4/c18-12-8-6-10(7-9-12)14(22)15(11-4-2-1-3-5-11)25-16-13(17(23)24)19-21-20-16/h1-9,14-15,22H,(H,23,24)(H,19,20,21). The largest absolute Gasteiger partial charge is 0.476 e. The highest BCUT2D eigenvalue weighted by atomic mass is 35.5. The smallest absolute Gasteiger partial charge is 0.359 e. The molecule has 3 N–H and O–H groups in total. The Kier molecular flexibility index (Phi) is 4.97. The first-order valence-corrected chi connectivity index (χ1v) is 7.73. The Morgan fingerprint density at radius 1 is 1.08 bits per heavy atom. The topological polar surface area (TPSA) is 108 Å². The molecule has 0 saturated heterocycles. The SMILES string of the molecule is O=C(O)c1[nH]nnc1OC(c1ccccc1)C(O)c1ccc(Cl)cc1. The van der Waals surface area contributed by atoms with Crippen LogP contribution in [0, 0.1) is 0 Å². The third-order valence-corrected chi connectivity index (χ3v) is 3.85. The fourth-order valence-electron chi connectivity index (χ4n) is 2.35. The van der Waals surface area contributed by atoms with Crippen LogP contribution in [-0.4, -0.2) is 31.6 Å². The molecule has 0 aliphatic carbocycles. The molecule has 2 aromatic carbocycles. The maximum atomic E-state index is 11.2. The molecule has 8 heteroatoms. The van der Waals surface area contributed by atoms with E-state index in [0.717, 1.165) is 0 Å². The fourth-order valence-corrected chi connectivity index (χ4v) is 2.48. The number of hydrogen-bond acceptors (Lipinski definition) is 5. The van der Waals surface area contributed by atoms with Crippen molar-refractivity contribution in [2.24, 2.45) is 0 Å². The van der Waals surface area contributed by atoms with Gasteiger partial charge in [-0.3, -0.25) is 0 Å². The Bertz CT molecular complexity index is 852. The normalized spacial score (nSPS) is 13.2. The van der Waals surface area contributed by atoms with Gasteiger partial charge in [-0.25, -0.2) is 9.89 Å². The van der Waals surface area contributed by atoms with Crippen molar-refractivity contribution in [2.45, 2.75) is 12.2 Å². The lowest BCUT2D eigenvalue weighted by atomic mass is 9.98. The Hall–Kier alpha value is -2.90. The maximum Gasteiger partial charge on any atom is 0.359 e. The lowest BCUT2D eigenvalue weighted by molar-refractivity contribution is 0.0299. The molecule has 3 rings (SSSR count). The van der Waals surface area contributed by atoms with Gasteiger partial charge in [0.25, 0.3) is 5.88 Å². The second kappa shape index (κ2) is 7.33. The molecule has 25 heavy (non-hydrogen) atoms. The zero-order chi connectivity index (χ0) is 17.8. The molecule has 0 amide bonds. The summed E-state index contributed by atoms with van der Waals surface area (Å²) in [7, 11) is 0. The summed E-state index contributed by atoms with van der Waals surface area (Å²) in [5.41, 5.74) is 0.937. The predicted octanol–water partition coefficient (Wildman–Crippen LogP) is 3.01. The second-order valence-electron chi connectivity index (χ2n) is 5.24. The molecule has 128 valence electrons. The third kappa shape index (κ3) is 3.78. The third-order valence-electron chi connectivity index (χ3n) is 3.60. The molecule has 0 radical (unpaired) electrons. The molecule has 0 bridgehead atoms. The number of halogens is 1. The highest BCUT2D eigenvalue weighted by molar-refractivity contribution is 6.30. The number of rotatable bonds is 6. The summed E-state index contributed by atoms with van der Waals surface area (Å²) in [5, 5.41) is 29.8. The van der Waals surface area contributed by atoms with E-state index in [-0.39, 0.29) is 11.6 Å². The molecular weight excluding hydrogens is 346 g/mol. The molecule has 0 aliphatic heterocycles. The molecule has 0 saturated carbocycles. The summed E-state index contributed by atoms with van der Waals surface area (Å²) in [6.07, 6.45) is -1.96. The number of aliphatic hydroxyl groups excluding tert-OH is 1. The van der Waals surface area contributed by atoms with Gasteiger partial charge in [-0.15, -0.1) is 0 Å². The van der Waals surface area contributed by atoms with E-state index in [4.69, 9.17) is 21.4 Å². The van der Waals surface area contributed by atoms with Crippen molar-refractivity contribution < 1.29 is 19.7 Å². The molecule has 0 spiro atoms. The molecule has 2 atom stereocenters. The number of nitrogens with zero attached hydrogens (tertiary/aromatic N) is 2. The van der Waals surface area contributed by atoms with Crippen LogP contribution in [0.15, 0.2) is 54.6 Å². The van der Waals surface area contributed by atoms with E-state index in [0.29, 0.717) is 16.1 Å². The number of aliphatic hydroxyl groups is 1. The van der Waals surface area contributed by atoms with Crippen molar-refractivity contribution in [3.63, 3.8) is 0 Å². The zero-order valence-corrected chi connectivity index (χ0v) is 13.6. The maximum absolute atomic E-state index is 11.2. The van der Waals surface area contributed by atoms with Crippen LogP contribution in [0.5, 0.6) is 5.88 Å². The van der Waals surface area contributed by atoms with Crippen molar-refractivity contribution in [2.75, 3.05) is 0 Å². The summed E-state index contributed by atoms with van der Waals surface area (Å²) in [6.45, 7) is 0. The monoisotopic (exact) mass is 359 g/mol. The summed E-state index contributed by atoms with van der Waals surface area (Å²) in [4.78, 5) is 11.2. The first-order valence-electron chi connectivity index (χ1n) is 7.35. The summed E-state index contributed by atoms with van der Waals surface area (Å²) in [5.74, 6) is -1.46. The van der Waals surface area contributed by atoms with Crippen LogP contribution in [-0.2, 0) is 0 Å². The average Bonchev–Trinajstić information content (AvgIpc) is 3.09. The highest BCUT2D eigenvalue weighted by Crippen LogP contribution is 2.34. The Labute approximate surface area is 147 Å².